The molecule has 7 heteroatoms. The summed E-state index contributed by atoms with van der Waals surface area (Å²) >= 11 is 0. The summed E-state index contributed by atoms with van der Waals surface area (Å²) in [5.41, 5.74) is 4.31. The number of imidazole rings is 1. The molecule has 0 bridgehead atoms. The van der Waals surface area contributed by atoms with E-state index in [9.17, 15) is 5.11 Å². The number of furan rings is 1. The van der Waals surface area contributed by atoms with Gasteiger partial charge in [-0.1, -0.05) is 0 Å². The van der Waals surface area contributed by atoms with Gasteiger partial charge in [0.05, 0.1) is 30.0 Å². The van der Waals surface area contributed by atoms with Crippen LogP contribution in [0.5, 0.6) is 0 Å². The summed E-state index contributed by atoms with van der Waals surface area (Å²) in [5, 5.41) is 13.4. The molecule has 0 radical (unpaired) electrons. The maximum atomic E-state index is 9.91. The fourth-order valence-electron chi connectivity index (χ4n) is 3.80. The molecule has 4 aromatic heterocycles. The predicted octanol–water partition coefficient (Wildman–Crippen LogP) is 3.79. The number of aromatic nitrogens is 4. The lowest BCUT2D eigenvalue weighted by molar-refractivity contribution is 0.124. The van der Waals surface area contributed by atoms with E-state index >= 15 is 0 Å². The van der Waals surface area contributed by atoms with Crippen LogP contribution in [0.15, 0.2) is 59.8 Å². The number of nitrogens with zero attached hydrogens (tertiary/aromatic N) is 4. The van der Waals surface area contributed by atoms with Gasteiger partial charge in [-0.05, 0) is 56.0 Å². The Labute approximate surface area is 162 Å². The number of anilines is 1. The highest BCUT2D eigenvalue weighted by Gasteiger charge is 2.20. The lowest BCUT2D eigenvalue weighted by atomic mass is 9.93. The van der Waals surface area contributed by atoms with Crippen LogP contribution in [-0.4, -0.2) is 36.8 Å². The van der Waals surface area contributed by atoms with Crippen molar-refractivity contribution in [3.63, 3.8) is 0 Å². The second-order valence-electron chi connectivity index (χ2n) is 7.23. The van der Waals surface area contributed by atoms with E-state index in [4.69, 9.17) is 9.40 Å². The van der Waals surface area contributed by atoms with Crippen LogP contribution in [0.3, 0.4) is 0 Å². The van der Waals surface area contributed by atoms with Gasteiger partial charge < -0.3 is 14.8 Å². The van der Waals surface area contributed by atoms with Crippen LogP contribution in [-0.2, 0) is 0 Å². The third-order valence-electron chi connectivity index (χ3n) is 5.23. The number of hydrogen-bond acceptors (Lipinski definition) is 6. The SMILES string of the molecule is O[C@@H]1CCC[C@@H](Nc2ccc3ncn(-c4ccnc(-c5ccoc5)c4)c3n2)C1. The van der Waals surface area contributed by atoms with E-state index in [0.29, 0.717) is 0 Å². The van der Waals surface area contributed by atoms with Crippen LogP contribution in [0, 0.1) is 0 Å². The van der Waals surface area contributed by atoms with Crippen molar-refractivity contribution in [1.82, 2.24) is 19.5 Å². The number of nitrogens with one attached hydrogen (secondary N) is 1. The van der Waals surface area contributed by atoms with Crippen molar-refractivity contribution in [2.24, 2.45) is 0 Å². The van der Waals surface area contributed by atoms with Crippen LogP contribution in [0.4, 0.5) is 5.82 Å². The summed E-state index contributed by atoms with van der Waals surface area (Å²) in [6.07, 6.45) is 10.4. The Balaban J connectivity index is 1.48. The summed E-state index contributed by atoms with van der Waals surface area (Å²) in [5.74, 6) is 0.803. The number of rotatable bonds is 4. The molecule has 142 valence electrons. The molecule has 0 saturated heterocycles. The smallest absolute Gasteiger partial charge is 0.166 e. The fourth-order valence-corrected chi connectivity index (χ4v) is 3.80. The number of aliphatic hydroxyl groups excluding tert-OH is 1. The van der Waals surface area contributed by atoms with E-state index in [0.717, 1.165) is 59.6 Å². The van der Waals surface area contributed by atoms with Gasteiger partial charge in [0, 0.05) is 17.8 Å². The Hall–Kier alpha value is -3.19. The first-order chi connectivity index (χ1) is 13.8. The first-order valence-electron chi connectivity index (χ1n) is 9.54. The van der Waals surface area contributed by atoms with Crippen molar-refractivity contribution in [1.29, 1.82) is 0 Å². The lowest BCUT2D eigenvalue weighted by Gasteiger charge is -2.27. The number of pyridine rings is 2. The molecule has 7 nitrogen and oxygen atoms in total. The zero-order valence-corrected chi connectivity index (χ0v) is 15.3. The summed E-state index contributed by atoms with van der Waals surface area (Å²) < 4.78 is 7.13. The second-order valence-corrected chi connectivity index (χ2v) is 7.23. The van der Waals surface area contributed by atoms with E-state index in [1.807, 2.05) is 34.9 Å². The Bertz CT molecular complexity index is 1090. The fraction of sp³-hybridized carbons (Fsp3) is 0.286. The predicted molar refractivity (Wildman–Crippen MR) is 106 cm³/mol. The van der Waals surface area contributed by atoms with Gasteiger partial charge >= 0.3 is 0 Å². The van der Waals surface area contributed by atoms with Crippen LogP contribution < -0.4 is 5.32 Å². The summed E-state index contributed by atoms with van der Waals surface area (Å²) in [4.78, 5) is 13.7. The second kappa shape index (κ2) is 7.09. The number of aliphatic hydroxyl groups is 1. The molecule has 1 aliphatic carbocycles. The Morgan fingerprint density at radius 3 is 2.96 bits per heavy atom. The monoisotopic (exact) mass is 375 g/mol. The third-order valence-corrected chi connectivity index (χ3v) is 5.23. The molecule has 2 N–H and O–H groups in total. The number of hydrogen-bond donors (Lipinski definition) is 2. The molecule has 1 aliphatic rings. The quantitative estimate of drug-likeness (QED) is 0.564. The topological polar surface area (TPSA) is 89.0 Å². The molecule has 0 unspecified atom stereocenters. The van der Waals surface area contributed by atoms with Gasteiger partial charge in [0.15, 0.2) is 5.65 Å². The molecule has 0 aliphatic heterocycles. The van der Waals surface area contributed by atoms with Gasteiger partial charge in [-0.15, -0.1) is 0 Å². The van der Waals surface area contributed by atoms with Crippen LogP contribution in [0.2, 0.25) is 0 Å². The maximum absolute atomic E-state index is 9.91. The van der Waals surface area contributed by atoms with Gasteiger partial charge in [-0.25, -0.2) is 9.97 Å². The molecule has 0 amide bonds. The largest absolute Gasteiger partial charge is 0.472 e. The molecular weight excluding hydrogens is 354 g/mol. The van der Waals surface area contributed by atoms with Gasteiger partial charge in [0.25, 0.3) is 0 Å². The first kappa shape index (κ1) is 16.9. The lowest BCUT2D eigenvalue weighted by Crippen LogP contribution is -2.30. The van der Waals surface area contributed by atoms with Crippen molar-refractivity contribution in [2.45, 2.75) is 37.8 Å². The van der Waals surface area contributed by atoms with Crippen molar-refractivity contribution >= 4 is 17.0 Å². The molecule has 0 aromatic carbocycles. The average Bonchev–Trinajstić information content (AvgIpc) is 3.38. The summed E-state index contributed by atoms with van der Waals surface area (Å²) in [6.45, 7) is 0. The van der Waals surface area contributed by atoms with Crippen LogP contribution in [0.1, 0.15) is 25.7 Å². The van der Waals surface area contributed by atoms with Crippen molar-refractivity contribution in [3.05, 3.63) is 55.4 Å². The van der Waals surface area contributed by atoms with E-state index < -0.39 is 0 Å². The Kier molecular flexibility index (Phi) is 4.29. The van der Waals surface area contributed by atoms with Crippen molar-refractivity contribution in [3.8, 4) is 16.9 Å². The van der Waals surface area contributed by atoms with E-state index in [2.05, 4.69) is 15.3 Å². The highest BCUT2D eigenvalue weighted by atomic mass is 16.3. The number of fused-ring (bicyclic) bond motifs is 1. The molecule has 1 saturated carbocycles. The normalized spacial score (nSPS) is 19.8. The average molecular weight is 375 g/mol. The zero-order chi connectivity index (χ0) is 18.9. The van der Waals surface area contributed by atoms with Gasteiger partial charge in [0.2, 0.25) is 0 Å². The van der Waals surface area contributed by atoms with Crippen LogP contribution in [0.25, 0.3) is 28.1 Å². The van der Waals surface area contributed by atoms with Gasteiger partial charge in [-0.3, -0.25) is 9.55 Å². The van der Waals surface area contributed by atoms with Crippen molar-refractivity contribution in [2.75, 3.05) is 5.32 Å². The minimum Gasteiger partial charge on any atom is -0.472 e. The molecule has 0 spiro atoms. The minimum absolute atomic E-state index is 0.223. The molecule has 4 aromatic rings. The third kappa shape index (κ3) is 3.25. The molecule has 2 atom stereocenters. The minimum atomic E-state index is -0.223. The van der Waals surface area contributed by atoms with Gasteiger partial charge in [-0.2, -0.15) is 0 Å². The van der Waals surface area contributed by atoms with Crippen molar-refractivity contribution < 1.29 is 9.52 Å². The zero-order valence-electron chi connectivity index (χ0n) is 15.3. The van der Waals surface area contributed by atoms with E-state index in [-0.39, 0.29) is 12.1 Å². The van der Waals surface area contributed by atoms with Crippen LogP contribution >= 0.6 is 0 Å². The molecule has 4 heterocycles. The summed E-state index contributed by atoms with van der Waals surface area (Å²) in [6, 6.07) is 9.98. The summed E-state index contributed by atoms with van der Waals surface area (Å²) in [7, 11) is 0. The molecule has 1 fully saturated rings. The maximum Gasteiger partial charge on any atom is 0.166 e. The van der Waals surface area contributed by atoms with E-state index in [1.54, 1.807) is 25.1 Å². The van der Waals surface area contributed by atoms with Gasteiger partial charge in [0.1, 0.15) is 17.7 Å². The highest BCUT2D eigenvalue weighted by molar-refractivity contribution is 5.75. The Morgan fingerprint density at radius 1 is 1.14 bits per heavy atom. The molecule has 5 rings (SSSR count). The Morgan fingerprint density at radius 2 is 2.11 bits per heavy atom. The van der Waals surface area contributed by atoms with E-state index in [1.165, 1.54) is 0 Å². The first-order valence-corrected chi connectivity index (χ1v) is 9.54. The highest BCUT2D eigenvalue weighted by Crippen LogP contribution is 2.25. The molecular formula is C21H21N5O2. The molecule has 28 heavy (non-hydrogen) atoms. The standard InChI is InChI=1S/C21H21N5O2/c27-17-3-1-2-15(10-17)24-20-5-4-18-21(25-20)26(13-23-18)16-6-8-22-19(11-16)14-7-9-28-12-14/h4-9,11-13,15,17,27H,1-3,10H2,(H,24,25)/t15-,17-/m1/s1.